The predicted molar refractivity (Wildman–Crippen MR) is 138 cm³/mol. The Kier molecular flexibility index (Phi) is 8.98. The third kappa shape index (κ3) is 7.65. The molecule has 0 spiro atoms. The zero-order valence-electron chi connectivity index (χ0n) is 16.9. The average molecular weight is 641 g/mol. The van der Waals surface area contributed by atoms with Crippen LogP contribution in [0.3, 0.4) is 0 Å². The van der Waals surface area contributed by atoms with E-state index in [2.05, 4.69) is 63.6 Å². The summed E-state index contributed by atoms with van der Waals surface area (Å²) in [5, 5.41) is 17.7. The molecule has 0 radical (unpaired) electrons. The second-order valence-electron chi connectivity index (χ2n) is 6.68. The van der Waals surface area contributed by atoms with Crippen LogP contribution in [0.4, 0.5) is 11.4 Å². The first-order valence-electron chi connectivity index (χ1n) is 9.48. The summed E-state index contributed by atoms with van der Waals surface area (Å²) < 4.78 is 8.17. The van der Waals surface area contributed by atoms with Gasteiger partial charge in [0.25, 0.3) is 11.6 Å². The van der Waals surface area contributed by atoms with E-state index < -0.39 is 4.92 Å². The highest BCUT2D eigenvalue weighted by atomic mass is 79.9. The number of benzene rings is 3. The fourth-order valence-corrected chi connectivity index (χ4v) is 4.34. The number of nitro groups is 1. The van der Waals surface area contributed by atoms with Gasteiger partial charge in [0, 0.05) is 22.3 Å². The monoisotopic (exact) mass is 638 g/mol. The summed E-state index contributed by atoms with van der Waals surface area (Å²) in [6, 6.07) is 17.3. The number of carbonyl (C=O) groups excluding carboxylic acids is 1. The molecule has 1 amide bonds. The predicted octanol–water partition coefficient (Wildman–Crippen LogP) is 6.02. The van der Waals surface area contributed by atoms with Crippen molar-refractivity contribution in [3.05, 3.63) is 95.3 Å². The number of nitrogens with zero attached hydrogens (tertiary/aromatic N) is 2. The molecule has 3 rings (SSSR count). The van der Waals surface area contributed by atoms with Gasteiger partial charge in [-0.15, -0.1) is 0 Å². The number of nitrogens with one attached hydrogen (secondary N) is 2. The molecule has 0 aliphatic carbocycles. The van der Waals surface area contributed by atoms with Crippen LogP contribution in [0.1, 0.15) is 11.1 Å². The van der Waals surface area contributed by atoms with Crippen LogP contribution in [-0.2, 0) is 11.4 Å². The molecular weight excluding hydrogens is 624 g/mol. The van der Waals surface area contributed by atoms with E-state index in [4.69, 9.17) is 4.74 Å². The van der Waals surface area contributed by atoms with Crippen LogP contribution >= 0.6 is 47.8 Å². The molecule has 0 heterocycles. The number of rotatable bonds is 9. The van der Waals surface area contributed by atoms with Gasteiger partial charge < -0.3 is 10.1 Å². The van der Waals surface area contributed by atoms with Crippen LogP contribution in [-0.4, -0.2) is 23.6 Å². The third-order valence-corrected chi connectivity index (χ3v) is 5.96. The third-order valence-electron chi connectivity index (χ3n) is 4.25. The lowest BCUT2D eigenvalue weighted by Gasteiger charge is -2.11. The van der Waals surface area contributed by atoms with E-state index in [-0.39, 0.29) is 24.7 Å². The molecule has 0 fully saturated rings. The molecule has 11 heteroatoms. The Morgan fingerprint density at radius 1 is 1.03 bits per heavy atom. The topological polar surface area (TPSA) is 106 Å². The minimum atomic E-state index is -0.445. The van der Waals surface area contributed by atoms with E-state index in [1.165, 1.54) is 18.3 Å². The van der Waals surface area contributed by atoms with Gasteiger partial charge in [-0.25, -0.2) is 5.43 Å². The van der Waals surface area contributed by atoms with Gasteiger partial charge in [0.2, 0.25) is 0 Å². The first-order valence-corrected chi connectivity index (χ1v) is 11.9. The van der Waals surface area contributed by atoms with Crippen LogP contribution in [0.25, 0.3) is 0 Å². The summed E-state index contributed by atoms with van der Waals surface area (Å²) in [6.07, 6.45) is 1.52. The van der Waals surface area contributed by atoms with Gasteiger partial charge in [0.05, 0.1) is 26.6 Å². The van der Waals surface area contributed by atoms with E-state index >= 15 is 0 Å². The number of hydrogen-bond donors (Lipinski definition) is 2. The Labute approximate surface area is 215 Å². The lowest BCUT2D eigenvalue weighted by atomic mass is 10.2. The number of halogens is 3. The Morgan fingerprint density at radius 2 is 1.67 bits per heavy atom. The van der Waals surface area contributed by atoms with E-state index in [1.54, 1.807) is 24.3 Å². The molecule has 0 bridgehead atoms. The number of nitro benzene ring substituents is 1. The van der Waals surface area contributed by atoms with Gasteiger partial charge in [-0.3, -0.25) is 14.9 Å². The van der Waals surface area contributed by atoms with E-state index in [0.717, 1.165) is 21.3 Å². The highest BCUT2D eigenvalue weighted by Crippen LogP contribution is 2.35. The Bertz CT molecular complexity index is 1150. The second-order valence-corrected chi connectivity index (χ2v) is 9.30. The minimum absolute atomic E-state index is 0.0286. The number of non-ortho nitro benzene ring substituents is 1. The maximum absolute atomic E-state index is 12.0. The van der Waals surface area contributed by atoms with Crippen molar-refractivity contribution in [2.45, 2.75) is 6.61 Å². The molecule has 0 saturated carbocycles. The number of hydrazone groups is 1. The Balaban J connectivity index is 1.53. The lowest BCUT2D eigenvalue weighted by molar-refractivity contribution is -0.384. The van der Waals surface area contributed by atoms with Gasteiger partial charge >= 0.3 is 0 Å². The van der Waals surface area contributed by atoms with E-state index in [9.17, 15) is 14.9 Å². The molecule has 0 atom stereocenters. The van der Waals surface area contributed by atoms with Crippen LogP contribution in [0, 0.1) is 10.1 Å². The van der Waals surface area contributed by atoms with Crippen LogP contribution in [0.2, 0.25) is 0 Å². The van der Waals surface area contributed by atoms with Gasteiger partial charge in [0.1, 0.15) is 12.4 Å². The van der Waals surface area contributed by atoms with Crippen molar-refractivity contribution in [1.29, 1.82) is 0 Å². The molecule has 3 aromatic carbocycles. The van der Waals surface area contributed by atoms with Crippen molar-refractivity contribution >= 4 is 71.3 Å². The van der Waals surface area contributed by atoms with Crippen molar-refractivity contribution in [3.8, 4) is 5.75 Å². The van der Waals surface area contributed by atoms with Crippen molar-refractivity contribution in [3.63, 3.8) is 0 Å². The molecule has 0 unspecified atom stereocenters. The molecule has 170 valence electrons. The molecule has 3 aromatic rings. The molecule has 33 heavy (non-hydrogen) atoms. The number of carbonyl (C=O) groups is 1. The van der Waals surface area contributed by atoms with Gasteiger partial charge in [-0.2, -0.15) is 5.10 Å². The number of anilines is 1. The molecular formula is C22H17Br3N4O4. The van der Waals surface area contributed by atoms with Crippen LogP contribution in [0.15, 0.2) is 79.2 Å². The normalized spacial score (nSPS) is 10.8. The quantitative estimate of drug-likeness (QED) is 0.169. The smallest absolute Gasteiger partial charge is 0.269 e. The summed E-state index contributed by atoms with van der Waals surface area (Å²) >= 11 is 10.3. The summed E-state index contributed by atoms with van der Waals surface area (Å²) in [5.41, 5.74) is 4.86. The fraction of sp³-hybridized carbons (Fsp3) is 0.0909. The highest BCUT2D eigenvalue weighted by molar-refractivity contribution is 9.11. The summed E-state index contributed by atoms with van der Waals surface area (Å²) in [7, 11) is 0. The van der Waals surface area contributed by atoms with E-state index in [1.807, 2.05) is 24.3 Å². The number of amides is 1. The largest absolute Gasteiger partial charge is 0.487 e. The van der Waals surface area contributed by atoms with Gasteiger partial charge in [0.15, 0.2) is 0 Å². The van der Waals surface area contributed by atoms with Crippen LogP contribution in [0.5, 0.6) is 5.75 Å². The lowest BCUT2D eigenvalue weighted by Crippen LogP contribution is -2.25. The molecule has 0 aliphatic rings. The summed E-state index contributed by atoms with van der Waals surface area (Å²) in [4.78, 5) is 22.3. The van der Waals surface area contributed by atoms with Crippen molar-refractivity contribution in [2.75, 3.05) is 11.9 Å². The highest BCUT2D eigenvalue weighted by Gasteiger charge is 2.10. The van der Waals surface area contributed by atoms with Crippen molar-refractivity contribution in [1.82, 2.24) is 5.43 Å². The molecule has 8 nitrogen and oxygen atoms in total. The average Bonchev–Trinajstić information content (AvgIpc) is 2.78. The zero-order valence-corrected chi connectivity index (χ0v) is 21.7. The molecule has 0 aromatic heterocycles. The number of hydrogen-bond acceptors (Lipinski definition) is 6. The fourth-order valence-electron chi connectivity index (χ4n) is 2.63. The van der Waals surface area contributed by atoms with Crippen molar-refractivity contribution < 1.29 is 14.5 Å². The van der Waals surface area contributed by atoms with E-state index in [0.29, 0.717) is 14.7 Å². The summed E-state index contributed by atoms with van der Waals surface area (Å²) in [5.74, 6) is 0.295. The molecule has 2 N–H and O–H groups in total. The second kappa shape index (κ2) is 11.9. The Morgan fingerprint density at radius 3 is 2.27 bits per heavy atom. The van der Waals surface area contributed by atoms with Gasteiger partial charge in [-0.05, 0) is 91.5 Å². The first-order chi connectivity index (χ1) is 15.8. The van der Waals surface area contributed by atoms with Gasteiger partial charge in [-0.1, -0.05) is 15.9 Å². The van der Waals surface area contributed by atoms with Crippen LogP contribution < -0.4 is 15.5 Å². The number of ether oxygens (including phenoxy) is 1. The minimum Gasteiger partial charge on any atom is -0.487 e. The van der Waals surface area contributed by atoms with Crippen molar-refractivity contribution in [2.24, 2.45) is 5.10 Å². The Hall–Kier alpha value is -2.76. The maximum atomic E-state index is 12.0. The molecule has 0 aliphatic heterocycles. The molecule has 0 saturated heterocycles. The SMILES string of the molecule is O=C(CNc1ccc(Br)cc1)N/N=C\c1cc(Br)c(OCc2ccc([N+](=O)[O-])cc2)c(Br)c1. The maximum Gasteiger partial charge on any atom is 0.269 e. The first kappa shape index (κ1) is 24.9. The standard InChI is InChI=1S/C22H17Br3N4O4/c23-16-3-5-17(6-4-16)26-12-21(30)28-27-11-15-9-19(24)22(20(25)10-15)33-13-14-1-7-18(8-2-14)29(31)32/h1-11,26H,12-13H2,(H,28,30)/b27-11-. The zero-order chi connectivity index (χ0) is 23.8. The summed E-state index contributed by atoms with van der Waals surface area (Å²) in [6.45, 7) is 0.325.